The van der Waals surface area contributed by atoms with Gasteiger partial charge < -0.3 is 24.5 Å². The van der Waals surface area contributed by atoms with Gasteiger partial charge in [-0.3, -0.25) is 14.6 Å². The first-order valence-corrected chi connectivity index (χ1v) is 25.4. The van der Waals surface area contributed by atoms with Crippen molar-refractivity contribution < 1.29 is 32.6 Å². The minimum Gasteiger partial charge on any atom is -0.492 e. The lowest BCUT2D eigenvalue weighted by Gasteiger charge is -2.39. The number of likely N-dealkylation sites (tertiary alicyclic amines) is 1. The fourth-order valence-electron chi connectivity index (χ4n) is 10.3. The van der Waals surface area contributed by atoms with Crippen molar-refractivity contribution in [3.63, 3.8) is 0 Å². The Morgan fingerprint density at radius 1 is 0.956 bits per heavy atom. The molecule has 1 aliphatic carbocycles. The van der Waals surface area contributed by atoms with E-state index in [2.05, 4.69) is 55.5 Å². The molecule has 3 fully saturated rings. The predicted molar refractivity (Wildman–Crippen MR) is 262 cm³/mol. The zero-order chi connectivity index (χ0) is 47.2. The van der Waals surface area contributed by atoms with Crippen LogP contribution in [0.3, 0.4) is 0 Å². The van der Waals surface area contributed by atoms with Gasteiger partial charge in [0.15, 0.2) is 0 Å². The number of nitrogens with zero attached hydrogens (tertiary/aromatic N) is 6. The quantitative estimate of drug-likeness (QED) is 0.102. The van der Waals surface area contributed by atoms with E-state index in [0.29, 0.717) is 35.0 Å². The van der Waals surface area contributed by atoms with Gasteiger partial charge >= 0.3 is 5.97 Å². The highest BCUT2D eigenvalue weighted by molar-refractivity contribution is 7.90. The van der Waals surface area contributed by atoms with Crippen LogP contribution in [-0.4, -0.2) is 127 Å². The van der Waals surface area contributed by atoms with Gasteiger partial charge in [-0.25, -0.2) is 27.6 Å². The van der Waals surface area contributed by atoms with Crippen molar-refractivity contribution in [2.75, 3.05) is 70.5 Å². The fraction of sp³-hybridized carbons (Fsp3) is 0.412. The Kier molecular flexibility index (Phi) is 12.8. The van der Waals surface area contributed by atoms with Crippen molar-refractivity contribution in [2.24, 2.45) is 11.3 Å². The molecule has 1 atom stereocenters. The normalized spacial score (nSPS) is 19.8. The number of halogens is 1. The van der Waals surface area contributed by atoms with Gasteiger partial charge in [-0.2, -0.15) is 5.10 Å². The Morgan fingerprint density at radius 2 is 1.75 bits per heavy atom. The number of hydrogen-bond donors (Lipinski definition) is 3. The van der Waals surface area contributed by atoms with Gasteiger partial charge in [-0.1, -0.05) is 43.2 Å². The minimum atomic E-state index is -4.56. The van der Waals surface area contributed by atoms with Crippen molar-refractivity contribution >= 4 is 66.8 Å². The smallest absolute Gasteiger partial charge is 0.339 e. The SMILES string of the molecule is CC1(C)CCC(CN2CCN(c3ccc(C(=O)NS(=O)(=O)c4ccc(OCC5CCN(C6CCOC6)CC5)c(C(=O)O)c4)c(-n4ncc5nc6[nH]ccc6cc54)c3)CC2)=C(c2ccc(Cl)cc2)C1. The first-order valence-electron chi connectivity index (χ1n) is 23.6. The van der Waals surface area contributed by atoms with Crippen molar-refractivity contribution in [1.29, 1.82) is 0 Å². The largest absolute Gasteiger partial charge is 0.492 e. The number of anilines is 1. The lowest BCUT2D eigenvalue weighted by atomic mass is 9.72. The molecule has 0 radical (unpaired) electrons. The molecule has 17 heteroatoms. The van der Waals surface area contributed by atoms with Gasteiger partial charge in [-0.05, 0) is 135 Å². The van der Waals surface area contributed by atoms with Crippen molar-refractivity contribution in [3.8, 4) is 11.4 Å². The number of H-pyrrole nitrogens is 1. The van der Waals surface area contributed by atoms with Gasteiger partial charge in [0.25, 0.3) is 15.9 Å². The van der Waals surface area contributed by atoms with E-state index in [4.69, 9.17) is 26.1 Å². The topological polar surface area (TPSA) is 175 Å². The van der Waals surface area contributed by atoms with E-state index in [0.717, 1.165) is 120 Å². The van der Waals surface area contributed by atoms with Crippen LogP contribution in [-0.2, 0) is 14.8 Å². The van der Waals surface area contributed by atoms with E-state index in [9.17, 15) is 23.1 Å². The predicted octanol–water partition coefficient (Wildman–Crippen LogP) is 8.04. The number of piperidine rings is 1. The third kappa shape index (κ3) is 9.74. The molecular weight excluding hydrogens is 904 g/mol. The summed E-state index contributed by atoms with van der Waals surface area (Å²) in [7, 11) is -4.56. The van der Waals surface area contributed by atoms with Crippen LogP contribution >= 0.6 is 11.6 Å². The summed E-state index contributed by atoms with van der Waals surface area (Å²) in [6.45, 7) is 12.4. The number of carboxylic acids is 1. The van der Waals surface area contributed by atoms with Crippen LogP contribution in [0.4, 0.5) is 5.69 Å². The third-order valence-electron chi connectivity index (χ3n) is 14.3. The summed E-state index contributed by atoms with van der Waals surface area (Å²) in [5.74, 6) is -1.94. The summed E-state index contributed by atoms with van der Waals surface area (Å²) >= 11 is 6.27. The lowest BCUT2D eigenvalue weighted by Crippen LogP contribution is -2.47. The maximum atomic E-state index is 14.3. The Labute approximate surface area is 401 Å². The van der Waals surface area contributed by atoms with E-state index in [1.807, 2.05) is 36.4 Å². The molecule has 1 unspecified atom stereocenters. The Bertz CT molecular complexity index is 3000. The summed E-state index contributed by atoms with van der Waals surface area (Å²) in [4.78, 5) is 41.5. The van der Waals surface area contributed by atoms with Crippen LogP contribution < -0.4 is 14.4 Å². The molecule has 1 amide bonds. The Balaban J connectivity index is 0.875. The number of nitrogens with one attached hydrogen (secondary N) is 2. The standard InChI is InChI=1S/C51H57ClN8O7S/c1-51(2)16-11-36(43(28-51)34-3-5-37(52)6-4-34)30-57-20-22-59(23-21-57)38-7-9-41(45(26-38)60-46-25-35-12-17-53-48(35)55-44(46)29-54-60)49(61)56-68(64,65)40-8-10-47(42(27-40)50(62)63)67-31-33-13-18-58(19-14-33)39-15-24-66-32-39/h3-10,12,17,25-27,29,33,39H,11,13-16,18-24,28,30-32H2,1-2H3,(H,53,55)(H,56,61)(H,62,63). The average molecular weight is 962 g/mol. The van der Waals surface area contributed by atoms with Gasteiger partial charge in [0.2, 0.25) is 0 Å². The van der Waals surface area contributed by atoms with E-state index in [1.54, 1.807) is 23.1 Å². The molecule has 10 rings (SSSR count). The summed E-state index contributed by atoms with van der Waals surface area (Å²) in [5.41, 5.74) is 7.23. The molecule has 6 heterocycles. The number of allylic oxidation sites excluding steroid dienone is 1. The van der Waals surface area contributed by atoms with Crippen LogP contribution in [0.15, 0.2) is 95.7 Å². The average Bonchev–Trinajstić information content (AvgIpc) is 4.13. The second-order valence-electron chi connectivity index (χ2n) is 19.5. The Morgan fingerprint density at radius 3 is 2.50 bits per heavy atom. The molecular formula is C51H57ClN8O7S. The van der Waals surface area contributed by atoms with Gasteiger partial charge in [0, 0.05) is 67.7 Å². The number of fused-ring (bicyclic) bond motifs is 2. The molecule has 0 saturated carbocycles. The number of aromatic carboxylic acids is 1. The van der Waals surface area contributed by atoms with E-state index >= 15 is 0 Å². The molecule has 68 heavy (non-hydrogen) atoms. The third-order valence-corrected chi connectivity index (χ3v) is 15.9. The number of rotatable bonds is 13. The highest BCUT2D eigenvalue weighted by Gasteiger charge is 2.32. The molecule has 6 aromatic rings. The zero-order valence-corrected chi connectivity index (χ0v) is 40.0. The highest BCUT2D eigenvalue weighted by atomic mass is 35.5. The summed E-state index contributed by atoms with van der Waals surface area (Å²) in [6, 6.07) is 21.5. The monoisotopic (exact) mass is 960 g/mol. The number of pyridine rings is 1. The molecule has 0 bridgehead atoms. The number of benzene rings is 3. The number of aromatic amines is 1. The maximum absolute atomic E-state index is 14.3. The molecule has 3 N–H and O–H groups in total. The maximum Gasteiger partial charge on any atom is 0.339 e. The summed E-state index contributed by atoms with van der Waals surface area (Å²) in [6.07, 6.45) is 9.46. The van der Waals surface area contributed by atoms with E-state index in [1.165, 1.54) is 28.8 Å². The molecule has 3 aromatic heterocycles. The Hall–Kier alpha value is -5.78. The number of carbonyl (C=O) groups excluding carboxylic acids is 1. The van der Waals surface area contributed by atoms with Crippen LogP contribution in [0, 0.1) is 11.3 Å². The summed E-state index contributed by atoms with van der Waals surface area (Å²) < 4.78 is 43.4. The van der Waals surface area contributed by atoms with Crippen LogP contribution in [0.25, 0.3) is 33.3 Å². The first-order chi connectivity index (χ1) is 32.8. The van der Waals surface area contributed by atoms with Crippen molar-refractivity contribution in [2.45, 2.75) is 63.3 Å². The summed E-state index contributed by atoms with van der Waals surface area (Å²) in [5, 5.41) is 16.4. The molecule has 3 aliphatic heterocycles. The van der Waals surface area contributed by atoms with Crippen LogP contribution in [0.5, 0.6) is 5.75 Å². The number of carboxylic acid groups (broad SMARTS) is 1. The number of amides is 1. The molecule has 3 saturated heterocycles. The van der Waals surface area contributed by atoms with Crippen molar-refractivity contribution in [1.82, 2.24) is 34.3 Å². The highest BCUT2D eigenvalue weighted by Crippen LogP contribution is 2.43. The minimum absolute atomic E-state index is 0.0573. The van der Waals surface area contributed by atoms with Crippen LogP contribution in [0.2, 0.25) is 5.02 Å². The molecule has 0 spiro atoms. The number of piperazine rings is 1. The molecule has 15 nitrogen and oxygen atoms in total. The number of carbonyl (C=O) groups is 2. The van der Waals surface area contributed by atoms with E-state index in [-0.39, 0.29) is 33.1 Å². The molecule has 3 aromatic carbocycles. The molecule has 4 aliphatic rings. The second kappa shape index (κ2) is 19.0. The number of sulfonamides is 1. The van der Waals surface area contributed by atoms with Gasteiger partial charge in [-0.15, -0.1) is 0 Å². The van der Waals surface area contributed by atoms with E-state index < -0.39 is 21.9 Å². The first kappa shape index (κ1) is 46.0. The van der Waals surface area contributed by atoms with Gasteiger partial charge in [0.1, 0.15) is 22.5 Å². The van der Waals surface area contributed by atoms with Gasteiger partial charge in [0.05, 0.1) is 41.1 Å². The number of aromatic nitrogens is 4. The van der Waals surface area contributed by atoms with Crippen molar-refractivity contribution in [3.05, 3.63) is 112 Å². The second-order valence-corrected chi connectivity index (χ2v) is 21.6. The number of hydrogen-bond acceptors (Lipinski definition) is 11. The molecule has 356 valence electrons. The van der Waals surface area contributed by atoms with Crippen LogP contribution in [0.1, 0.15) is 78.7 Å². The fourth-order valence-corrected chi connectivity index (χ4v) is 11.4. The number of ether oxygens (including phenoxy) is 2. The lowest BCUT2D eigenvalue weighted by molar-refractivity contribution is 0.0686. The zero-order valence-electron chi connectivity index (χ0n) is 38.4.